The molecule has 0 aliphatic carbocycles. The fraction of sp³-hybridized carbons (Fsp3) is 0.0556. The number of sulfone groups is 2. The predicted molar refractivity (Wildman–Crippen MR) is 474 cm³/mol. The fourth-order valence-electron chi connectivity index (χ4n) is 12.4. The number of halogens is 10. The number of aromatic nitrogens is 4. The van der Waals surface area contributed by atoms with Gasteiger partial charge in [-0.05, 0) is 205 Å². The van der Waals surface area contributed by atoms with Gasteiger partial charge in [-0.3, -0.25) is 43.9 Å². The molecule has 4 heterocycles. The summed E-state index contributed by atoms with van der Waals surface area (Å²) in [6, 6.07) is 70.7. The van der Waals surface area contributed by atoms with Gasteiger partial charge in [0.05, 0.1) is 90.0 Å². The number of anilines is 5. The van der Waals surface area contributed by atoms with Crippen molar-refractivity contribution >= 4 is 191 Å². The smallest absolute Gasteiger partial charge is 0.326 e. The van der Waals surface area contributed by atoms with Crippen LogP contribution in [0.4, 0.5) is 41.6 Å². The van der Waals surface area contributed by atoms with Crippen LogP contribution < -0.4 is 26.6 Å². The zero-order chi connectivity index (χ0) is 85.9. The topological polar surface area (TPSA) is 265 Å². The lowest BCUT2D eigenvalue weighted by atomic mass is 10.0. The van der Waals surface area contributed by atoms with E-state index < -0.39 is 49.1 Å². The summed E-state index contributed by atoms with van der Waals surface area (Å²) in [7, 11) is -6.83. The standard InChI is InChI=1S/C24H17Cl2N3O2.C24H16ClF3N2O.C23H16Cl2N2O3S.C19H14Cl2N2O3S/c1-14(30)28-17-6-8-19(22(26)13-17)24(31)29-16-7-9-21(25)20(12-16)23-18-5-3-2-4-15(18)10-11-27-23;1-14-12-16(24(26,27)28)6-8-18(14)23(31)30-17-7-9-21(25)20(13-17)22-19-5-3-2-4-15(19)10-11-29-22;1-31(29,30)16-7-8-18(21(25)13-16)23(28)27-15-6-9-20(24)19(12-15)22-17-5-3-2-4-14(17)10-11-26-22;1-27(25,26)13-6-7-14(17(21)11-13)19(24)23-12-5-8-16(20)15(10-12)18-4-2-3-9-22-18/h2-13H,1H3,(H,28,30)(H,29,31);2-13H,1H3,(H,30,31);2-13H,1H3,(H,27,28);2-11H,1H3,(H,23,24). The summed E-state index contributed by atoms with van der Waals surface area (Å²) in [5.41, 5.74) is 8.24. The molecule has 0 aliphatic rings. The molecule has 5 amide bonds. The van der Waals surface area contributed by atoms with E-state index in [1.54, 1.807) is 116 Å². The van der Waals surface area contributed by atoms with E-state index in [0.717, 1.165) is 62.7 Å². The second-order valence-electron chi connectivity index (χ2n) is 26.7. The van der Waals surface area contributed by atoms with Crippen molar-refractivity contribution in [3.05, 3.63) is 348 Å². The lowest BCUT2D eigenvalue weighted by Crippen LogP contribution is -2.15. The molecule has 0 spiro atoms. The van der Waals surface area contributed by atoms with E-state index in [2.05, 4.69) is 46.5 Å². The zero-order valence-electron chi connectivity index (χ0n) is 63.1. The Labute approximate surface area is 721 Å². The van der Waals surface area contributed by atoms with Gasteiger partial charge < -0.3 is 26.6 Å². The molecule has 30 heteroatoms. The minimum Gasteiger partial charge on any atom is -0.326 e. The lowest BCUT2D eigenvalue weighted by Gasteiger charge is -2.13. The average Bonchev–Trinajstić information content (AvgIpc) is 0.795. The van der Waals surface area contributed by atoms with E-state index in [-0.39, 0.29) is 64.5 Å². The quantitative estimate of drug-likeness (QED) is 0.0640. The van der Waals surface area contributed by atoms with E-state index in [9.17, 15) is 54.0 Å². The monoisotopic (exact) mass is 1780 g/mol. The van der Waals surface area contributed by atoms with Gasteiger partial charge in [-0.25, -0.2) is 16.8 Å². The van der Waals surface area contributed by atoms with Gasteiger partial charge in [0.2, 0.25) is 5.91 Å². The van der Waals surface area contributed by atoms with Gasteiger partial charge in [0.15, 0.2) is 19.7 Å². The maximum Gasteiger partial charge on any atom is 0.416 e. The molecule has 4 aromatic heterocycles. The second kappa shape index (κ2) is 37.9. The molecule has 0 bridgehead atoms. The molecule has 120 heavy (non-hydrogen) atoms. The molecule has 0 aliphatic heterocycles. The van der Waals surface area contributed by atoms with Gasteiger partial charge in [-0.2, -0.15) is 13.2 Å². The maximum absolute atomic E-state index is 12.9. The first-order chi connectivity index (χ1) is 57.1. The van der Waals surface area contributed by atoms with Crippen LogP contribution in [-0.4, -0.2) is 78.8 Å². The van der Waals surface area contributed by atoms with Crippen LogP contribution in [0.25, 0.3) is 77.3 Å². The first-order valence-electron chi connectivity index (χ1n) is 35.8. The fourth-order valence-corrected chi connectivity index (χ4v) is 15.4. The van der Waals surface area contributed by atoms with Crippen molar-refractivity contribution < 1.29 is 54.0 Å². The molecule has 0 fully saturated rings. The van der Waals surface area contributed by atoms with Gasteiger partial charge in [0.25, 0.3) is 23.6 Å². The van der Waals surface area contributed by atoms with E-state index in [1.165, 1.54) is 62.4 Å². The molecule has 604 valence electrons. The number of rotatable bonds is 15. The van der Waals surface area contributed by atoms with E-state index in [1.807, 2.05) is 103 Å². The molecule has 0 radical (unpaired) electrons. The van der Waals surface area contributed by atoms with Crippen LogP contribution in [0.2, 0.25) is 35.2 Å². The van der Waals surface area contributed by atoms with Crippen LogP contribution in [0.5, 0.6) is 0 Å². The third-order valence-corrected chi connectivity index (χ3v) is 22.7. The molecular formula is C90H63Cl7F3N9O9S2. The summed E-state index contributed by atoms with van der Waals surface area (Å²) in [4.78, 5) is 79.8. The first kappa shape index (κ1) is 87.2. The van der Waals surface area contributed by atoms with Crippen molar-refractivity contribution in [1.29, 1.82) is 0 Å². The van der Waals surface area contributed by atoms with Crippen LogP contribution in [0.3, 0.4) is 0 Å². The highest BCUT2D eigenvalue weighted by Crippen LogP contribution is 2.40. The highest BCUT2D eigenvalue weighted by atomic mass is 35.5. The molecule has 5 N–H and O–H groups in total. The number of amides is 5. The Morgan fingerprint density at radius 3 is 0.992 bits per heavy atom. The summed E-state index contributed by atoms with van der Waals surface area (Å²) >= 11 is 44.0. The number of carbonyl (C=O) groups is 5. The van der Waals surface area contributed by atoms with Crippen LogP contribution in [-0.2, 0) is 30.6 Å². The third-order valence-electron chi connectivity index (χ3n) is 18.2. The molecule has 15 aromatic rings. The molecule has 0 saturated heterocycles. The number of aryl methyl sites for hydroxylation is 1. The minimum absolute atomic E-state index is 0.0462. The molecule has 15 rings (SSSR count). The van der Waals surface area contributed by atoms with Gasteiger partial charge in [-0.15, -0.1) is 0 Å². The van der Waals surface area contributed by atoms with Crippen LogP contribution in [0, 0.1) is 6.92 Å². The third kappa shape index (κ3) is 21.5. The number of hydrogen-bond acceptors (Lipinski definition) is 13. The average molecular weight is 1780 g/mol. The Kier molecular flexibility index (Phi) is 27.5. The summed E-state index contributed by atoms with van der Waals surface area (Å²) < 4.78 is 85.2. The Hall–Kier alpha value is -12.1. The Bertz CT molecular complexity index is 6780. The summed E-state index contributed by atoms with van der Waals surface area (Å²) in [5.74, 6) is -2.04. The maximum atomic E-state index is 12.9. The van der Waals surface area contributed by atoms with Gasteiger partial charge in [0, 0.05) is 117 Å². The van der Waals surface area contributed by atoms with Crippen molar-refractivity contribution in [2.45, 2.75) is 29.8 Å². The Balaban J connectivity index is 0.000000147. The van der Waals surface area contributed by atoms with Crippen molar-refractivity contribution in [3.63, 3.8) is 0 Å². The van der Waals surface area contributed by atoms with Crippen LogP contribution >= 0.6 is 81.2 Å². The molecule has 0 saturated carbocycles. The van der Waals surface area contributed by atoms with Gasteiger partial charge in [0.1, 0.15) is 0 Å². The lowest BCUT2D eigenvalue weighted by molar-refractivity contribution is -0.137. The Morgan fingerprint density at radius 2 is 0.650 bits per heavy atom. The SMILES string of the molecule is CC(=O)Nc1ccc(C(=O)Nc2ccc(Cl)c(-c3nccc4ccccc34)c2)c(Cl)c1.CS(=O)(=O)c1ccc(C(=O)Nc2ccc(Cl)c(-c3ccccn3)c2)c(Cl)c1.CS(=O)(=O)c1ccc(C(=O)Nc2ccc(Cl)c(-c3nccc4ccccc34)c2)c(Cl)c1.Cc1cc(C(F)(F)F)ccc1C(=O)Nc1ccc(Cl)c(-c2nccc3ccccc23)c1. The number of hydrogen-bond donors (Lipinski definition) is 5. The zero-order valence-corrected chi connectivity index (χ0v) is 70.0. The summed E-state index contributed by atoms with van der Waals surface area (Å²) in [5, 5.41) is 21.9. The highest BCUT2D eigenvalue weighted by Gasteiger charge is 2.31. The van der Waals surface area contributed by atoms with Crippen LogP contribution in [0.15, 0.2) is 289 Å². The Morgan fingerprint density at radius 1 is 0.325 bits per heavy atom. The van der Waals surface area contributed by atoms with Gasteiger partial charge in [-0.1, -0.05) is 160 Å². The number of nitrogens with one attached hydrogen (secondary N) is 5. The van der Waals surface area contributed by atoms with Gasteiger partial charge >= 0.3 is 6.18 Å². The molecule has 0 unspecified atom stereocenters. The van der Waals surface area contributed by atoms with Crippen molar-refractivity contribution in [2.24, 2.45) is 0 Å². The number of nitrogens with zero attached hydrogens (tertiary/aromatic N) is 4. The number of carbonyl (C=O) groups excluding carboxylic acids is 5. The van der Waals surface area contributed by atoms with Crippen molar-refractivity contribution in [2.75, 3.05) is 39.1 Å². The summed E-state index contributed by atoms with van der Waals surface area (Å²) in [6.07, 6.45) is 4.47. The molecule has 0 atom stereocenters. The predicted octanol–water partition coefficient (Wildman–Crippen LogP) is 24.1. The largest absolute Gasteiger partial charge is 0.416 e. The number of fused-ring (bicyclic) bond motifs is 3. The molecular weight excluding hydrogens is 1720 g/mol. The number of alkyl halides is 3. The van der Waals surface area contributed by atoms with Crippen molar-refractivity contribution in [1.82, 2.24) is 19.9 Å². The van der Waals surface area contributed by atoms with Crippen LogP contribution in [0.1, 0.15) is 59.5 Å². The first-order valence-corrected chi connectivity index (χ1v) is 42.2. The molecule has 18 nitrogen and oxygen atoms in total. The van der Waals surface area contributed by atoms with E-state index in [0.29, 0.717) is 87.9 Å². The normalized spacial score (nSPS) is 11.2. The van der Waals surface area contributed by atoms with E-state index in [4.69, 9.17) is 81.2 Å². The molecule has 11 aromatic carbocycles. The minimum atomic E-state index is -4.46. The highest BCUT2D eigenvalue weighted by molar-refractivity contribution is 7.91. The number of pyridine rings is 4. The van der Waals surface area contributed by atoms with Crippen molar-refractivity contribution in [3.8, 4) is 45.0 Å². The van der Waals surface area contributed by atoms with E-state index >= 15 is 0 Å². The second-order valence-corrected chi connectivity index (χ2v) is 33.6. The summed E-state index contributed by atoms with van der Waals surface area (Å²) in [6.45, 7) is 2.87. The number of benzene rings is 11.